The lowest BCUT2D eigenvalue weighted by molar-refractivity contribution is -0.0830. The third-order valence-corrected chi connectivity index (χ3v) is 4.65. The molecule has 0 amide bonds. The first kappa shape index (κ1) is 16.1. The molecule has 1 aromatic carbocycles. The van der Waals surface area contributed by atoms with Crippen molar-refractivity contribution >= 4 is 0 Å². The third kappa shape index (κ3) is 3.69. The van der Waals surface area contributed by atoms with Crippen molar-refractivity contribution in [1.82, 2.24) is 5.32 Å². The summed E-state index contributed by atoms with van der Waals surface area (Å²) in [5.41, 5.74) is 1.34. The zero-order chi connectivity index (χ0) is 15.3. The maximum Gasteiger partial charge on any atom is 0.160 e. The second kappa shape index (κ2) is 7.14. The van der Waals surface area contributed by atoms with E-state index in [2.05, 4.69) is 17.4 Å². The van der Waals surface area contributed by atoms with Crippen LogP contribution in [0.3, 0.4) is 0 Å². The average molecular weight is 293 g/mol. The summed E-state index contributed by atoms with van der Waals surface area (Å²) in [5.74, 6) is 1.56. The fourth-order valence-electron chi connectivity index (χ4n) is 3.08. The van der Waals surface area contributed by atoms with Crippen LogP contribution in [0.15, 0.2) is 18.2 Å². The Morgan fingerprint density at radius 1 is 1.14 bits per heavy atom. The second-order valence-electron chi connectivity index (χ2n) is 5.82. The quantitative estimate of drug-likeness (QED) is 0.800. The van der Waals surface area contributed by atoms with Crippen molar-refractivity contribution in [2.75, 3.05) is 28.4 Å². The van der Waals surface area contributed by atoms with Gasteiger partial charge in [-0.25, -0.2) is 0 Å². The summed E-state index contributed by atoms with van der Waals surface area (Å²) < 4.78 is 16.4. The van der Waals surface area contributed by atoms with E-state index in [4.69, 9.17) is 14.2 Å². The van der Waals surface area contributed by atoms with Crippen LogP contribution in [-0.2, 0) is 11.2 Å². The molecule has 0 saturated heterocycles. The van der Waals surface area contributed by atoms with E-state index in [-0.39, 0.29) is 5.60 Å². The minimum absolute atomic E-state index is 0.0875. The molecule has 0 heterocycles. The van der Waals surface area contributed by atoms with Gasteiger partial charge in [-0.1, -0.05) is 6.07 Å². The molecule has 0 aromatic heterocycles. The molecular weight excluding hydrogens is 266 g/mol. The first-order chi connectivity index (χ1) is 10.2. The molecule has 0 aliphatic heterocycles. The lowest BCUT2D eigenvalue weighted by Gasteiger charge is -2.42. The van der Waals surface area contributed by atoms with Gasteiger partial charge in [0.2, 0.25) is 0 Å². The lowest BCUT2D eigenvalue weighted by Crippen LogP contribution is -2.45. The zero-order valence-corrected chi connectivity index (χ0v) is 13.6. The van der Waals surface area contributed by atoms with E-state index in [0.29, 0.717) is 6.04 Å². The van der Waals surface area contributed by atoms with Crippen LogP contribution < -0.4 is 14.8 Å². The highest BCUT2D eigenvalue weighted by atomic mass is 16.5. The van der Waals surface area contributed by atoms with Gasteiger partial charge in [-0.2, -0.15) is 0 Å². The van der Waals surface area contributed by atoms with Crippen LogP contribution in [0.2, 0.25) is 0 Å². The Balaban J connectivity index is 2.04. The first-order valence-electron chi connectivity index (χ1n) is 7.59. The molecule has 4 heteroatoms. The Kier molecular flexibility index (Phi) is 5.48. The maximum atomic E-state index is 5.74. The summed E-state index contributed by atoms with van der Waals surface area (Å²) in [4.78, 5) is 0. The molecule has 0 bridgehead atoms. The molecule has 1 N–H and O–H groups in total. The highest BCUT2D eigenvalue weighted by Crippen LogP contribution is 2.39. The van der Waals surface area contributed by atoms with Crippen molar-refractivity contribution in [2.24, 2.45) is 0 Å². The first-order valence-corrected chi connectivity index (χ1v) is 7.59. The predicted molar refractivity (Wildman–Crippen MR) is 84.3 cm³/mol. The molecule has 0 radical (unpaired) electrons. The number of hydrogen-bond acceptors (Lipinski definition) is 4. The molecule has 0 spiro atoms. The van der Waals surface area contributed by atoms with Gasteiger partial charge in [0, 0.05) is 13.2 Å². The van der Waals surface area contributed by atoms with Gasteiger partial charge in [-0.15, -0.1) is 0 Å². The smallest absolute Gasteiger partial charge is 0.160 e. The van der Waals surface area contributed by atoms with Gasteiger partial charge in [0.15, 0.2) is 11.5 Å². The maximum absolute atomic E-state index is 5.74. The summed E-state index contributed by atoms with van der Waals surface area (Å²) in [7, 11) is 7.19. The topological polar surface area (TPSA) is 39.7 Å². The van der Waals surface area contributed by atoms with E-state index >= 15 is 0 Å². The standard InChI is InChI=1S/C17H27NO3/c1-18-14(12-17(21-4)8-5-9-17)10-13-6-7-15(19-2)16(11-13)20-3/h6-7,11,14,18H,5,8-10,12H2,1-4H3. The minimum Gasteiger partial charge on any atom is -0.493 e. The summed E-state index contributed by atoms with van der Waals surface area (Å²) in [6.07, 6.45) is 5.64. The molecule has 2 rings (SSSR count). The van der Waals surface area contributed by atoms with Gasteiger partial charge in [0.1, 0.15) is 0 Å². The van der Waals surface area contributed by atoms with Crippen LogP contribution in [0.4, 0.5) is 0 Å². The molecule has 4 nitrogen and oxygen atoms in total. The number of ether oxygens (including phenoxy) is 3. The van der Waals surface area contributed by atoms with E-state index in [9.17, 15) is 0 Å². The molecule has 21 heavy (non-hydrogen) atoms. The molecule has 1 unspecified atom stereocenters. The Labute approximate surface area is 127 Å². The molecule has 1 aliphatic rings. The minimum atomic E-state index is 0.0875. The number of likely N-dealkylation sites (N-methyl/N-ethyl adjacent to an activating group) is 1. The summed E-state index contributed by atoms with van der Waals surface area (Å²) in [6.45, 7) is 0. The number of rotatable bonds is 8. The van der Waals surface area contributed by atoms with Gasteiger partial charge in [-0.3, -0.25) is 0 Å². The van der Waals surface area contributed by atoms with E-state index in [1.54, 1.807) is 14.2 Å². The van der Waals surface area contributed by atoms with Crippen LogP contribution in [0.5, 0.6) is 11.5 Å². The highest BCUT2D eigenvalue weighted by molar-refractivity contribution is 5.43. The molecule has 1 saturated carbocycles. The summed E-state index contributed by atoms with van der Waals surface area (Å²) in [5, 5.41) is 3.42. The van der Waals surface area contributed by atoms with Crippen LogP contribution in [0.25, 0.3) is 0 Å². The Hall–Kier alpha value is -1.26. The number of hydrogen-bond donors (Lipinski definition) is 1. The molecule has 1 atom stereocenters. The van der Waals surface area contributed by atoms with E-state index in [1.807, 2.05) is 20.2 Å². The Morgan fingerprint density at radius 2 is 1.86 bits per heavy atom. The second-order valence-corrected chi connectivity index (χ2v) is 5.82. The summed E-state index contributed by atoms with van der Waals surface area (Å²) >= 11 is 0. The Morgan fingerprint density at radius 3 is 2.33 bits per heavy atom. The zero-order valence-electron chi connectivity index (χ0n) is 13.6. The van der Waals surface area contributed by atoms with Crippen LogP contribution >= 0.6 is 0 Å². The predicted octanol–water partition coefficient (Wildman–Crippen LogP) is 2.79. The Bertz CT molecular complexity index is 452. The molecule has 118 valence electrons. The van der Waals surface area contributed by atoms with Crippen LogP contribution in [0.1, 0.15) is 31.2 Å². The van der Waals surface area contributed by atoms with E-state index in [0.717, 1.165) is 24.3 Å². The number of benzene rings is 1. The van der Waals surface area contributed by atoms with E-state index < -0.39 is 0 Å². The molecule has 1 aliphatic carbocycles. The van der Waals surface area contributed by atoms with Crippen molar-refractivity contribution in [1.29, 1.82) is 0 Å². The van der Waals surface area contributed by atoms with Gasteiger partial charge in [0.25, 0.3) is 0 Å². The van der Waals surface area contributed by atoms with Crippen molar-refractivity contribution in [3.8, 4) is 11.5 Å². The lowest BCUT2D eigenvalue weighted by atomic mass is 9.75. The molecular formula is C17H27NO3. The van der Waals surface area contributed by atoms with Crippen LogP contribution in [0, 0.1) is 0 Å². The van der Waals surface area contributed by atoms with Crippen LogP contribution in [-0.4, -0.2) is 40.0 Å². The summed E-state index contributed by atoms with van der Waals surface area (Å²) in [6, 6.07) is 6.54. The third-order valence-electron chi connectivity index (χ3n) is 4.65. The molecule has 1 fully saturated rings. The normalized spacial score (nSPS) is 17.9. The van der Waals surface area contributed by atoms with Gasteiger partial charge in [-0.05, 0) is 56.8 Å². The molecule has 1 aromatic rings. The largest absolute Gasteiger partial charge is 0.493 e. The van der Waals surface area contributed by atoms with E-state index in [1.165, 1.54) is 24.8 Å². The highest BCUT2D eigenvalue weighted by Gasteiger charge is 2.38. The average Bonchev–Trinajstić information content (AvgIpc) is 2.49. The SMILES string of the molecule is CNC(Cc1ccc(OC)c(OC)c1)CC1(OC)CCC1. The fourth-order valence-corrected chi connectivity index (χ4v) is 3.08. The number of nitrogens with one attached hydrogen (secondary N) is 1. The number of methoxy groups -OCH3 is 3. The fraction of sp³-hybridized carbons (Fsp3) is 0.647. The van der Waals surface area contributed by atoms with Crippen molar-refractivity contribution in [3.63, 3.8) is 0 Å². The van der Waals surface area contributed by atoms with Gasteiger partial charge < -0.3 is 19.5 Å². The van der Waals surface area contributed by atoms with Gasteiger partial charge in [0.05, 0.1) is 19.8 Å². The van der Waals surface area contributed by atoms with Crippen molar-refractivity contribution < 1.29 is 14.2 Å². The van der Waals surface area contributed by atoms with Crippen molar-refractivity contribution in [2.45, 2.75) is 43.7 Å². The van der Waals surface area contributed by atoms with Crippen molar-refractivity contribution in [3.05, 3.63) is 23.8 Å². The monoisotopic (exact) mass is 293 g/mol. The van der Waals surface area contributed by atoms with Gasteiger partial charge >= 0.3 is 0 Å².